The molecule has 190 valence electrons. The number of carbonyl (C=O) groups is 1. The molecule has 35 heavy (non-hydrogen) atoms. The Hall–Kier alpha value is -2.87. The molecule has 2 aromatic rings. The van der Waals surface area contributed by atoms with Crippen molar-refractivity contribution in [2.24, 2.45) is 17.1 Å². The van der Waals surface area contributed by atoms with Crippen molar-refractivity contribution in [2.45, 2.75) is 71.3 Å². The molecule has 8 heteroatoms. The lowest BCUT2D eigenvalue weighted by molar-refractivity contribution is -0.129. The number of nitrogens with zero attached hydrogens (tertiary/aromatic N) is 3. The zero-order valence-corrected chi connectivity index (χ0v) is 21.1. The van der Waals surface area contributed by atoms with Gasteiger partial charge in [0.05, 0.1) is 18.1 Å². The van der Waals surface area contributed by atoms with Crippen LogP contribution >= 0.6 is 0 Å². The van der Waals surface area contributed by atoms with Crippen LogP contribution in [-0.4, -0.2) is 47.0 Å². The first-order valence-corrected chi connectivity index (χ1v) is 12.7. The fourth-order valence-corrected chi connectivity index (χ4v) is 5.09. The number of aliphatic hydroxyl groups is 1. The van der Waals surface area contributed by atoms with E-state index in [0.29, 0.717) is 37.8 Å². The van der Waals surface area contributed by atoms with Gasteiger partial charge in [-0.1, -0.05) is 37.2 Å². The van der Waals surface area contributed by atoms with E-state index in [1.165, 1.54) is 5.57 Å². The van der Waals surface area contributed by atoms with Crippen LogP contribution in [0.1, 0.15) is 76.6 Å². The summed E-state index contributed by atoms with van der Waals surface area (Å²) in [6.07, 6.45) is 6.03. The Morgan fingerprint density at radius 1 is 1.26 bits per heavy atom. The maximum Gasteiger partial charge on any atom is 0.324 e. The Morgan fingerprint density at radius 3 is 2.51 bits per heavy atom. The van der Waals surface area contributed by atoms with Gasteiger partial charge in [-0.25, -0.2) is 0 Å². The van der Waals surface area contributed by atoms with Crippen molar-refractivity contribution in [3.05, 3.63) is 41.7 Å². The van der Waals surface area contributed by atoms with Crippen LogP contribution < -0.4 is 15.4 Å². The van der Waals surface area contributed by atoms with Gasteiger partial charge < -0.3 is 25.0 Å². The number of piperidine rings is 1. The fourth-order valence-electron chi connectivity index (χ4n) is 5.09. The zero-order chi connectivity index (χ0) is 25.0. The standard InChI is InChI=1S/C27H38N4O4/c1-18(2)24-29-26(35-30-24)31-14-10-20(11-15-31)17-34-23-6-4-21(5-7-23)22-8-12-27(13-9-22,25(28)33)16-19(3)32/h4-8,18-20,32H,9-17H2,1-3H3,(H2,28,33)/t19-,27?/m1/s1. The molecule has 1 aromatic heterocycles. The van der Waals surface area contributed by atoms with Crippen LogP contribution in [0, 0.1) is 11.3 Å². The van der Waals surface area contributed by atoms with Crippen molar-refractivity contribution in [3.8, 4) is 5.75 Å². The summed E-state index contributed by atoms with van der Waals surface area (Å²) in [7, 11) is 0. The first kappa shape index (κ1) is 25.2. The van der Waals surface area contributed by atoms with Crippen LogP contribution in [0.25, 0.3) is 5.57 Å². The van der Waals surface area contributed by atoms with Crippen LogP contribution in [0.2, 0.25) is 0 Å². The van der Waals surface area contributed by atoms with Gasteiger partial charge in [-0.15, -0.1) is 0 Å². The van der Waals surface area contributed by atoms with Gasteiger partial charge in [-0.05, 0) is 74.6 Å². The Labute approximate surface area is 207 Å². The predicted octanol–water partition coefficient (Wildman–Crippen LogP) is 4.30. The van der Waals surface area contributed by atoms with Gasteiger partial charge in [0.2, 0.25) is 5.91 Å². The summed E-state index contributed by atoms with van der Waals surface area (Å²) >= 11 is 0. The third kappa shape index (κ3) is 6.04. The lowest BCUT2D eigenvalue weighted by atomic mass is 9.70. The van der Waals surface area contributed by atoms with E-state index in [2.05, 4.69) is 47.1 Å². The van der Waals surface area contributed by atoms with E-state index in [9.17, 15) is 9.90 Å². The van der Waals surface area contributed by atoms with Crippen LogP contribution in [0.4, 0.5) is 6.01 Å². The monoisotopic (exact) mass is 482 g/mol. The molecular weight excluding hydrogens is 444 g/mol. The molecule has 0 saturated carbocycles. The second kappa shape index (κ2) is 10.8. The molecule has 1 aromatic carbocycles. The Bertz CT molecular complexity index is 1020. The number of aromatic nitrogens is 2. The lowest BCUT2D eigenvalue weighted by Gasteiger charge is -2.34. The average Bonchev–Trinajstić information content (AvgIpc) is 3.34. The molecule has 1 saturated heterocycles. The Morgan fingerprint density at radius 2 is 1.97 bits per heavy atom. The van der Waals surface area contributed by atoms with E-state index in [4.69, 9.17) is 15.0 Å². The van der Waals surface area contributed by atoms with Gasteiger partial charge in [0.25, 0.3) is 0 Å². The van der Waals surface area contributed by atoms with E-state index >= 15 is 0 Å². The second-order valence-corrected chi connectivity index (χ2v) is 10.5. The van der Waals surface area contributed by atoms with Crippen LogP contribution in [0.15, 0.2) is 34.9 Å². The number of rotatable bonds is 9. The summed E-state index contributed by atoms with van der Waals surface area (Å²) in [4.78, 5) is 18.7. The van der Waals surface area contributed by atoms with E-state index in [-0.39, 0.29) is 11.8 Å². The van der Waals surface area contributed by atoms with Gasteiger partial charge in [0.1, 0.15) is 5.75 Å². The third-order valence-corrected chi connectivity index (χ3v) is 7.36. The fraction of sp³-hybridized carbons (Fsp3) is 0.593. The highest BCUT2D eigenvalue weighted by Crippen LogP contribution is 2.42. The molecule has 2 heterocycles. The molecule has 0 bridgehead atoms. The third-order valence-electron chi connectivity index (χ3n) is 7.36. The normalized spacial score (nSPS) is 22.2. The Balaban J connectivity index is 1.26. The average molecular weight is 483 g/mol. The van der Waals surface area contributed by atoms with Crippen molar-refractivity contribution < 1.29 is 19.2 Å². The molecular formula is C27H38N4O4. The highest BCUT2D eigenvalue weighted by Gasteiger charge is 2.38. The molecule has 2 atom stereocenters. The smallest absolute Gasteiger partial charge is 0.324 e. The number of hydrogen-bond donors (Lipinski definition) is 2. The van der Waals surface area contributed by atoms with Crippen molar-refractivity contribution in [2.75, 3.05) is 24.6 Å². The lowest BCUT2D eigenvalue weighted by Crippen LogP contribution is -2.40. The molecule has 1 amide bonds. The molecule has 0 spiro atoms. The quantitative estimate of drug-likeness (QED) is 0.548. The summed E-state index contributed by atoms with van der Waals surface area (Å²) in [5, 5.41) is 13.9. The SMILES string of the molecule is CC(C)c1noc(N2CCC(COc3ccc(C4=CCC(C[C@@H](C)O)(C(N)=O)CC4)cc3)CC2)n1. The maximum absolute atomic E-state index is 12.1. The number of ether oxygens (including phenoxy) is 1. The predicted molar refractivity (Wildman–Crippen MR) is 135 cm³/mol. The van der Waals surface area contributed by atoms with E-state index < -0.39 is 11.5 Å². The number of carbonyl (C=O) groups excluding carboxylic acids is 1. The highest BCUT2D eigenvalue weighted by molar-refractivity contribution is 5.83. The summed E-state index contributed by atoms with van der Waals surface area (Å²) in [6, 6.07) is 8.82. The first-order chi connectivity index (χ1) is 16.8. The minimum atomic E-state index is -0.642. The number of aliphatic hydroxyl groups excluding tert-OH is 1. The minimum Gasteiger partial charge on any atom is -0.493 e. The summed E-state index contributed by atoms with van der Waals surface area (Å²) in [6.45, 7) is 8.31. The van der Waals surface area contributed by atoms with Crippen LogP contribution in [0.3, 0.4) is 0 Å². The van der Waals surface area contributed by atoms with E-state index in [0.717, 1.165) is 49.5 Å². The number of anilines is 1. The molecule has 3 N–H and O–H groups in total. The van der Waals surface area contributed by atoms with Gasteiger partial charge >= 0.3 is 6.01 Å². The molecule has 8 nitrogen and oxygen atoms in total. The Kier molecular flexibility index (Phi) is 7.79. The molecule has 2 aliphatic rings. The van der Waals surface area contributed by atoms with Crippen LogP contribution in [0.5, 0.6) is 5.75 Å². The van der Waals surface area contributed by atoms with E-state index in [1.807, 2.05) is 12.1 Å². The maximum atomic E-state index is 12.1. The van der Waals surface area contributed by atoms with Gasteiger partial charge in [-0.3, -0.25) is 4.79 Å². The molecule has 0 radical (unpaired) electrons. The molecule has 1 aliphatic heterocycles. The molecule has 1 aliphatic carbocycles. The van der Waals surface area contributed by atoms with Gasteiger partial charge in [0, 0.05) is 19.0 Å². The topological polar surface area (TPSA) is 115 Å². The number of hydrogen-bond acceptors (Lipinski definition) is 7. The summed E-state index contributed by atoms with van der Waals surface area (Å²) in [5.74, 6) is 2.06. The molecule has 1 unspecified atom stereocenters. The largest absolute Gasteiger partial charge is 0.493 e. The number of allylic oxidation sites excluding steroid dienone is 2. The summed E-state index contributed by atoms with van der Waals surface area (Å²) < 4.78 is 11.5. The number of primary amides is 1. The van der Waals surface area contributed by atoms with Crippen molar-refractivity contribution >= 4 is 17.5 Å². The highest BCUT2D eigenvalue weighted by atomic mass is 16.5. The number of benzene rings is 1. The molecule has 1 fully saturated rings. The van der Waals surface area contributed by atoms with Crippen molar-refractivity contribution in [1.82, 2.24) is 10.1 Å². The summed E-state index contributed by atoms with van der Waals surface area (Å²) in [5.41, 5.74) is 7.40. The van der Waals surface area contributed by atoms with Crippen molar-refractivity contribution in [1.29, 1.82) is 0 Å². The second-order valence-electron chi connectivity index (χ2n) is 10.5. The molecule has 4 rings (SSSR count). The number of nitrogens with two attached hydrogens (primary N) is 1. The van der Waals surface area contributed by atoms with E-state index in [1.54, 1.807) is 6.92 Å². The van der Waals surface area contributed by atoms with Gasteiger partial charge in [-0.2, -0.15) is 4.98 Å². The van der Waals surface area contributed by atoms with Crippen LogP contribution in [-0.2, 0) is 4.79 Å². The minimum absolute atomic E-state index is 0.262. The first-order valence-electron chi connectivity index (χ1n) is 12.7. The zero-order valence-electron chi connectivity index (χ0n) is 21.1. The number of amides is 1. The van der Waals surface area contributed by atoms with Gasteiger partial charge in [0.15, 0.2) is 5.82 Å². The van der Waals surface area contributed by atoms with Crippen molar-refractivity contribution in [3.63, 3.8) is 0 Å².